The number of H-pyrrole nitrogens is 1. The summed E-state index contributed by atoms with van der Waals surface area (Å²) in [7, 11) is 0. The summed E-state index contributed by atoms with van der Waals surface area (Å²) in [4.78, 5) is 16.0. The standard InChI is InChI=1S/C12H22N4O2S/c1-5-18-11(17)10(13-8(2)3)6-7-19-12-14-9(4)15-16-12/h8,10,13H,5-7H2,1-4H3,(H,14,15,16). The Morgan fingerprint density at radius 1 is 1.53 bits per heavy atom. The van der Waals surface area contributed by atoms with E-state index in [9.17, 15) is 4.79 Å². The van der Waals surface area contributed by atoms with Crippen LogP contribution in [0.1, 0.15) is 33.0 Å². The maximum Gasteiger partial charge on any atom is 0.323 e. The number of nitrogens with zero attached hydrogens (tertiary/aromatic N) is 2. The minimum absolute atomic E-state index is 0.192. The fraction of sp³-hybridized carbons (Fsp3) is 0.750. The molecule has 0 saturated heterocycles. The number of aromatic nitrogens is 3. The second-order valence-electron chi connectivity index (χ2n) is 4.47. The summed E-state index contributed by atoms with van der Waals surface area (Å²) in [6.07, 6.45) is 0.690. The molecular weight excluding hydrogens is 264 g/mol. The van der Waals surface area contributed by atoms with Gasteiger partial charge in [-0.1, -0.05) is 25.6 Å². The summed E-state index contributed by atoms with van der Waals surface area (Å²) >= 11 is 1.53. The lowest BCUT2D eigenvalue weighted by Crippen LogP contribution is -2.42. The molecule has 0 aliphatic heterocycles. The highest BCUT2D eigenvalue weighted by Crippen LogP contribution is 2.14. The molecule has 0 saturated carbocycles. The summed E-state index contributed by atoms with van der Waals surface area (Å²) in [5, 5.41) is 10.8. The number of ether oxygens (including phenoxy) is 1. The maximum absolute atomic E-state index is 11.8. The Hall–Kier alpha value is -1.08. The van der Waals surface area contributed by atoms with Gasteiger partial charge in [-0.2, -0.15) is 0 Å². The van der Waals surface area contributed by atoms with Crippen molar-refractivity contribution in [3.8, 4) is 0 Å². The first-order valence-electron chi connectivity index (χ1n) is 6.47. The molecule has 1 aromatic rings. The highest BCUT2D eigenvalue weighted by molar-refractivity contribution is 7.99. The predicted molar refractivity (Wildman–Crippen MR) is 75.2 cm³/mol. The van der Waals surface area contributed by atoms with E-state index in [1.54, 1.807) is 0 Å². The average Bonchev–Trinajstić information content (AvgIpc) is 2.73. The number of carbonyl (C=O) groups is 1. The topological polar surface area (TPSA) is 79.9 Å². The van der Waals surface area contributed by atoms with Crippen molar-refractivity contribution in [2.75, 3.05) is 12.4 Å². The van der Waals surface area contributed by atoms with E-state index in [4.69, 9.17) is 4.74 Å². The molecule has 1 atom stereocenters. The zero-order chi connectivity index (χ0) is 14.3. The lowest BCUT2D eigenvalue weighted by atomic mass is 10.2. The number of hydrogen-bond donors (Lipinski definition) is 2. The zero-order valence-corrected chi connectivity index (χ0v) is 12.7. The molecule has 2 N–H and O–H groups in total. The molecule has 1 unspecified atom stereocenters. The minimum atomic E-state index is -0.271. The first-order chi connectivity index (χ1) is 9.02. The minimum Gasteiger partial charge on any atom is -0.465 e. The van der Waals surface area contributed by atoms with E-state index < -0.39 is 0 Å². The van der Waals surface area contributed by atoms with Crippen molar-refractivity contribution in [3.63, 3.8) is 0 Å². The van der Waals surface area contributed by atoms with Gasteiger partial charge in [0.25, 0.3) is 0 Å². The number of rotatable bonds is 8. The SMILES string of the molecule is CCOC(=O)C(CCSc1n[nH]c(C)n1)NC(C)C. The highest BCUT2D eigenvalue weighted by Gasteiger charge is 2.20. The van der Waals surface area contributed by atoms with Gasteiger partial charge in [0.2, 0.25) is 5.16 Å². The Morgan fingerprint density at radius 3 is 2.79 bits per heavy atom. The van der Waals surface area contributed by atoms with Crippen molar-refractivity contribution in [3.05, 3.63) is 5.82 Å². The fourth-order valence-electron chi connectivity index (χ4n) is 1.57. The normalized spacial score (nSPS) is 12.7. The number of carbonyl (C=O) groups excluding carboxylic acids is 1. The van der Waals surface area contributed by atoms with Gasteiger partial charge in [0.1, 0.15) is 11.9 Å². The number of nitrogens with one attached hydrogen (secondary N) is 2. The highest BCUT2D eigenvalue weighted by atomic mass is 32.2. The lowest BCUT2D eigenvalue weighted by Gasteiger charge is -2.19. The quantitative estimate of drug-likeness (QED) is 0.557. The van der Waals surface area contributed by atoms with E-state index in [0.717, 1.165) is 11.6 Å². The monoisotopic (exact) mass is 286 g/mol. The number of esters is 1. The lowest BCUT2D eigenvalue weighted by molar-refractivity contribution is -0.145. The molecule has 0 amide bonds. The third-order valence-electron chi connectivity index (χ3n) is 2.32. The van der Waals surface area contributed by atoms with Gasteiger partial charge >= 0.3 is 5.97 Å². The van der Waals surface area contributed by atoms with E-state index in [-0.39, 0.29) is 18.1 Å². The van der Waals surface area contributed by atoms with Gasteiger partial charge in [-0.25, -0.2) is 4.98 Å². The average molecular weight is 286 g/mol. The van der Waals surface area contributed by atoms with Gasteiger partial charge < -0.3 is 10.1 Å². The molecule has 6 nitrogen and oxygen atoms in total. The summed E-state index contributed by atoms with van der Waals surface area (Å²) in [6, 6.07) is -0.0300. The van der Waals surface area contributed by atoms with Gasteiger partial charge in [-0.05, 0) is 20.3 Å². The van der Waals surface area contributed by atoms with Crippen LogP contribution in [0, 0.1) is 6.92 Å². The molecule has 0 bridgehead atoms. The van der Waals surface area contributed by atoms with Crippen LogP contribution in [0.2, 0.25) is 0 Å². The first kappa shape index (κ1) is 16.0. The molecule has 19 heavy (non-hydrogen) atoms. The third-order valence-corrected chi connectivity index (χ3v) is 3.20. The zero-order valence-electron chi connectivity index (χ0n) is 11.9. The third kappa shape index (κ3) is 6.07. The maximum atomic E-state index is 11.8. The van der Waals surface area contributed by atoms with E-state index in [2.05, 4.69) is 20.5 Å². The van der Waals surface area contributed by atoms with Crippen LogP contribution in [0.25, 0.3) is 0 Å². The van der Waals surface area contributed by atoms with Crippen LogP contribution in [0.4, 0.5) is 0 Å². The summed E-state index contributed by atoms with van der Waals surface area (Å²) in [6.45, 7) is 8.10. The van der Waals surface area contributed by atoms with Crippen molar-refractivity contribution in [1.29, 1.82) is 0 Å². The van der Waals surface area contributed by atoms with Gasteiger partial charge in [0.15, 0.2) is 0 Å². The molecule has 1 rings (SSSR count). The van der Waals surface area contributed by atoms with Crippen LogP contribution >= 0.6 is 11.8 Å². The second kappa shape index (κ2) is 8.16. The Balaban J connectivity index is 2.41. The van der Waals surface area contributed by atoms with Crippen LogP contribution in [0.15, 0.2) is 5.16 Å². The molecule has 0 radical (unpaired) electrons. The van der Waals surface area contributed by atoms with Crippen LogP contribution < -0.4 is 5.32 Å². The molecule has 7 heteroatoms. The van der Waals surface area contributed by atoms with Crippen LogP contribution in [-0.2, 0) is 9.53 Å². The molecule has 108 valence electrons. The Kier molecular flexibility index (Phi) is 6.86. The fourth-order valence-corrected chi connectivity index (χ4v) is 2.42. The first-order valence-corrected chi connectivity index (χ1v) is 7.46. The van der Waals surface area contributed by atoms with Gasteiger partial charge in [-0.3, -0.25) is 9.89 Å². The van der Waals surface area contributed by atoms with E-state index >= 15 is 0 Å². The molecule has 0 aromatic carbocycles. The molecule has 0 aliphatic rings. The number of aromatic amines is 1. The van der Waals surface area contributed by atoms with Crippen LogP contribution in [0.3, 0.4) is 0 Å². The molecule has 1 aromatic heterocycles. The van der Waals surface area contributed by atoms with Crippen LogP contribution in [-0.4, -0.2) is 45.6 Å². The molecule has 0 fully saturated rings. The summed E-state index contributed by atoms with van der Waals surface area (Å²) in [5.41, 5.74) is 0. The smallest absolute Gasteiger partial charge is 0.323 e. The van der Waals surface area contributed by atoms with Gasteiger partial charge in [0.05, 0.1) is 6.61 Å². The Morgan fingerprint density at radius 2 is 2.26 bits per heavy atom. The van der Waals surface area contributed by atoms with Crippen molar-refractivity contribution >= 4 is 17.7 Å². The second-order valence-corrected chi connectivity index (χ2v) is 5.53. The van der Waals surface area contributed by atoms with Crippen molar-refractivity contribution < 1.29 is 9.53 Å². The van der Waals surface area contributed by atoms with Gasteiger partial charge in [-0.15, -0.1) is 5.10 Å². The van der Waals surface area contributed by atoms with E-state index in [1.165, 1.54) is 11.8 Å². The van der Waals surface area contributed by atoms with Crippen molar-refractivity contribution in [1.82, 2.24) is 20.5 Å². The number of aryl methyl sites for hydroxylation is 1. The molecular formula is C12H22N4O2S. The summed E-state index contributed by atoms with van der Waals surface area (Å²) < 4.78 is 5.06. The van der Waals surface area contributed by atoms with Crippen LogP contribution in [0.5, 0.6) is 0 Å². The largest absolute Gasteiger partial charge is 0.465 e. The summed E-state index contributed by atoms with van der Waals surface area (Å²) in [5.74, 6) is 1.37. The number of thioether (sulfide) groups is 1. The Labute approximate surface area is 118 Å². The van der Waals surface area contributed by atoms with Gasteiger partial charge in [0, 0.05) is 11.8 Å². The Bertz CT molecular complexity index is 395. The van der Waals surface area contributed by atoms with E-state index in [1.807, 2.05) is 27.7 Å². The number of hydrogen-bond acceptors (Lipinski definition) is 6. The predicted octanol–water partition coefficient (Wildman–Crippen LogP) is 1.53. The van der Waals surface area contributed by atoms with E-state index in [0.29, 0.717) is 18.2 Å². The van der Waals surface area contributed by atoms with Crippen molar-refractivity contribution in [2.24, 2.45) is 0 Å². The van der Waals surface area contributed by atoms with Crippen molar-refractivity contribution in [2.45, 2.75) is 51.4 Å². The molecule has 1 heterocycles. The molecule has 0 spiro atoms. The molecule has 0 aliphatic carbocycles.